The lowest BCUT2D eigenvalue weighted by Gasteiger charge is -2.21. The van der Waals surface area contributed by atoms with Crippen molar-refractivity contribution in [3.63, 3.8) is 0 Å². The standard InChI is InChI=1S/C12H21N5O2S/c1-16-6-4-10(8-16)9-17(2)20(18,19)11-3-5-14-12(7-11)15-13/h3,5,7,10H,4,6,8-9,13H2,1-2H3,(H,14,15). The van der Waals surface area contributed by atoms with E-state index in [0.29, 0.717) is 18.3 Å². The number of pyridine rings is 1. The number of hydrogen-bond acceptors (Lipinski definition) is 6. The van der Waals surface area contributed by atoms with Crippen molar-refractivity contribution in [2.45, 2.75) is 11.3 Å². The molecule has 20 heavy (non-hydrogen) atoms. The molecular formula is C12H21N5O2S. The van der Waals surface area contributed by atoms with Gasteiger partial charge in [-0.25, -0.2) is 23.5 Å². The van der Waals surface area contributed by atoms with Gasteiger partial charge in [0.05, 0.1) is 4.90 Å². The maximum atomic E-state index is 12.5. The molecule has 0 aromatic carbocycles. The van der Waals surface area contributed by atoms with Crippen molar-refractivity contribution in [3.8, 4) is 0 Å². The van der Waals surface area contributed by atoms with Gasteiger partial charge in [-0.2, -0.15) is 0 Å². The first kappa shape index (κ1) is 15.2. The van der Waals surface area contributed by atoms with Crippen LogP contribution in [-0.2, 0) is 10.0 Å². The molecule has 0 radical (unpaired) electrons. The molecule has 1 unspecified atom stereocenters. The first-order chi connectivity index (χ1) is 9.43. The molecule has 0 amide bonds. The largest absolute Gasteiger partial charge is 0.308 e. The van der Waals surface area contributed by atoms with E-state index < -0.39 is 10.0 Å². The van der Waals surface area contributed by atoms with Crippen LogP contribution < -0.4 is 11.3 Å². The van der Waals surface area contributed by atoms with Gasteiger partial charge in [0.2, 0.25) is 10.0 Å². The molecule has 1 aromatic rings. The fourth-order valence-corrected chi connectivity index (χ4v) is 3.73. The molecule has 0 bridgehead atoms. The predicted octanol–water partition coefficient (Wildman–Crippen LogP) is -0.0606. The Kier molecular flexibility index (Phi) is 4.59. The molecule has 0 spiro atoms. The molecule has 2 rings (SSSR count). The van der Waals surface area contributed by atoms with Crippen LogP contribution in [0.2, 0.25) is 0 Å². The Morgan fingerprint density at radius 3 is 2.95 bits per heavy atom. The highest BCUT2D eigenvalue weighted by atomic mass is 32.2. The van der Waals surface area contributed by atoms with Crippen LogP contribution in [0.5, 0.6) is 0 Å². The zero-order valence-electron chi connectivity index (χ0n) is 11.8. The van der Waals surface area contributed by atoms with E-state index >= 15 is 0 Å². The molecule has 0 saturated carbocycles. The quantitative estimate of drug-likeness (QED) is 0.584. The van der Waals surface area contributed by atoms with Crippen LogP contribution in [0.4, 0.5) is 5.82 Å². The lowest BCUT2D eigenvalue weighted by atomic mass is 10.1. The Hall–Kier alpha value is -1.22. The molecule has 112 valence electrons. The topological polar surface area (TPSA) is 91.6 Å². The van der Waals surface area contributed by atoms with Crippen LogP contribution in [0.25, 0.3) is 0 Å². The van der Waals surface area contributed by atoms with Crippen LogP contribution in [0.3, 0.4) is 0 Å². The molecule has 1 aliphatic heterocycles. The summed E-state index contributed by atoms with van der Waals surface area (Å²) in [7, 11) is 0.170. The van der Waals surface area contributed by atoms with Gasteiger partial charge >= 0.3 is 0 Å². The van der Waals surface area contributed by atoms with Gasteiger partial charge < -0.3 is 10.3 Å². The fourth-order valence-electron chi connectivity index (χ4n) is 2.47. The van der Waals surface area contributed by atoms with Crippen LogP contribution in [0.1, 0.15) is 6.42 Å². The van der Waals surface area contributed by atoms with Crippen molar-refractivity contribution >= 4 is 15.8 Å². The number of hydrazine groups is 1. The van der Waals surface area contributed by atoms with Gasteiger partial charge in [0, 0.05) is 32.4 Å². The van der Waals surface area contributed by atoms with E-state index in [1.54, 1.807) is 7.05 Å². The van der Waals surface area contributed by atoms with Crippen molar-refractivity contribution in [2.24, 2.45) is 11.8 Å². The second kappa shape index (κ2) is 6.04. The zero-order chi connectivity index (χ0) is 14.8. The monoisotopic (exact) mass is 299 g/mol. The predicted molar refractivity (Wildman–Crippen MR) is 77.5 cm³/mol. The molecule has 1 aromatic heterocycles. The molecule has 8 heteroatoms. The first-order valence-corrected chi connectivity index (χ1v) is 7.95. The van der Waals surface area contributed by atoms with E-state index in [-0.39, 0.29) is 4.90 Å². The molecule has 0 aliphatic carbocycles. The van der Waals surface area contributed by atoms with Crippen LogP contribution in [0.15, 0.2) is 23.2 Å². The van der Waals surface area contributed by atoms with E-state index in [4.69, 9.17) is 5.84 Å². The molecule has 1 saturated heterocycles. The highest BCUT2D eigenvalue weighted by molar-refractivity contribution is 7.89. The third-order valence-electron chi connectivity index (χ3n) is 3.59. The van der Waals surface area contributed by atoms with E-state index in [1.165, 1.54) is 22.6 Å². The minimum absolute atomic E-state index is 0.203. The number of aromatic nitrogens is 1. The molecule has 1 atom stereocenters. The Bertz CT molecular complexity index is 563. The highest BCUT2D eigenvalue weighted by Crippen LogP contribution is 2.21. The van der Waals surface area contributed by atoms with Crippen molar-refractivity contribution in [1.82, 2.24) is 14.2 Å². The Balaban J connectivity index is 2.12. The minimum atomic E-state index is -3.50. The molecule has 7 nitrogen and oxygen atoms in total. The van der Waals surface area contributed by atoms with Gasteiger partial charge in [0.25, 0.3) is 0 Å². The van der Waals surface area contributed by atoms with Gasteiger partial charge in [-0.05, 0) is 32.0 Å². The van der Waals surface area contributed by atoms with Gasteiger partial charge in [-0.3, -0.25) is 0 Å². The number of nitrogens with one attached hydrogen (secondary N) is 1. The first-order valence-electron chi connectivity index (χ1n) is 6.51. The summed E-state index contributed by atoms with van der Waals surface area (Å²) in [6, 6.07) is 2.92. The normalized spacial score (nSPS) is 20.5. The number of sulfonamides is 1. The third-order valence-corrected chi connectivity index (χ3v) is 5.41. The second-order valence-corrected chi connectivity index (χ2v) is 7.27. The van der Waals surface area contributed by atoms with Crippen molar-refractivity contribution in [3.05, 3.63) is 18.3 Å². The Morgan fingerprint density at radius 2 is 2.35 bits per heavy atom. The summed E-state index contributed by atoms with van der Waals surface area (Å²) in [6.07, 6.45) is 2.46. The van der Waals surface area contributed by atoms with Crippen LogP contribution >= 0.6 is 0 Å². The van der Waals surface area contributed by atoms with E-state index in [2.05, 4.69) is 22.4 Å². The molecular weight excluding hydrogens is 278 g/mol. The summed E-state index contributed by atoms with van der Waals surface area (Å²) in [5.41, 5.74) is 2.36. The number of nitrogens with two attached hydrogens (primary N) is 1. The maximum Gasteiger partial charge on any atom is 0.243 e. The maximum absolute atomic E-state index is 12.5. The SMILES string of the molecule is CN1CCC(CN(C)S(=O)(=O)c2ccnc(NN)c2)C1. The average molecular weight is 299 g/mol. The van der Waals surface area contributed by atoms with E-state index in [0.717, 1.165) is 19.5 Å². The summed E-state index contributed by atoms with van der Waals surface area (Å²) in [5.74, 6) is 5.98. The number of nitrogens with zero attached hydrogens (tertiary/aromatic N) is 3. The summed E-state index contributed by atoms with van der Waals surface area (Å²) in [6.45, 7) is 2.49. The molecule has 2 heterocycles. The van der Waals surface area contributed by atoms with Gasteiger partial charge in [-0.15, -0.1) is 0 Å². The van der Waals surface area contributed by atoms with Crippen molar-refractivity contribution in [2.75, 3.05) is 39.2 Å². The zero-order valence-corrected chi connectivity index (χ0v) is 12.6. The van der Waals surface area contributed by atoms with Gasteiger partial charge in [0.1, 0.15) is 5.82 Å². The Morgan fingerprint density at radius 1 is 1.60 bits per heavy atom. The number of anilines is 1. The summed E-state index contributed by atoms with van der Waals surface area (Å²) >= 11 is 0. The van der Waals surface area contributed by atoms with Gasteiger partial charge in [0.15, 0.2) is 0 Å². The molecule has 3 N–H and O–H groups in total. The number of rotatable bonds is 5. The third kappa shape index (κ3) is 3.26. The fraction of sp³-hybridized carbons (Fsp3) is 0.583. The van der Waals surface area contributed by atoms with Crippen molar-refractivity contribution < 1.29 is 8.42 Å². The smallest absolute Gasteiger partial charge is 0.243 e. The lowest BCUT2D eigenvalue weighted by molar-refractivity contribution is 0.357. The number of likely N-dealkylation sites (tertiary alicyclic amines) is 1. The number of hydrogen-bond donors (Lipinski definition) is 2. The summed E-state index contributed by atoms with van der Waals surface area (Å²) in [5, 5.41) is 0. The molecule has 1 fully saturated rings. The second-order valence-electron chi connectivity index (χ2n) is 5.22. The van der Waals surface area contributed by atoms with E-state index in [1.807, 2.05) is 0 Å². The highest BCUT2D eigenvalue weighted by Gasteiger charge is 2.27. The van der Waals surface area contributed by atoms with E-state index in [9.17, 15) is 8.42 Å². The summed E-state index contributed by atoms with van der Waals surface area (Å²) in [4.78, 5) is 6.34. The summed E-state index contributed by atoms with van der Waals surface area (Å²) < 4.78 is 26.4. The minimum Gasteiger partial charge on any atom is -0.308 e. The number of nitrogen functional groups attached to an aromatic ring is 1. The lowest BCUT2D eigenvalue weighted by Crippen LogP contribution is -2.33. The Labute approximate surface area is 119 Å². The van der Waals surface area contributed by atoms with Gasteiger partial charge in [-0.1, -0.05) is 0 Å². The van der Waals surface area contributed by atoms with Crippen molar-refractivity contribution in [1.29, 1.82) is 0 Å². The van der Waals surface area contributed by atoms with Crippen LogP contribution in [0, 0.1) is 5.92 Å². The average Bonchev–Trinajstić information content (AvgIpc) is 2.84. The molecule has 1 aliphatic rings. The van der Waals surface area contributed by atoms with Crippen LogP contribution in [-0.4, -0.2) is 56.3 Å².